The Hall–Kier alpha value is -4.77. The molecule has 3 aromatic carbocycles. The molecule has 0 saturated heterocycles. The Morgan fingerprint density at radius 1 is 0.851 bits per heavy atom. The zero-order chi connectivity index (χ0) is 33.7. The highest BCUT2D eigenvalue weighted by molar-refractivity contribution is 6.17. The Labute approximate surface area is 273 Å². The largest absolute Gasteiger partial charge is 0.493 e. The first-order chi connectivity index (χ1) is 22.6. The van der Waals surface area contributed by atoms with E-state index in [0.717, 1.165) is 32.1 Å². The molecule has 1 saturated carbocycles. The number of carbonyl (C=O) groups excluding carboxylic acids is 2. The topological polar surface area (TPSA) is 102 Å². The Kier molecular flexibility index (Phi) is 10.2. The molecule has 1 heterocycles. The number of benzene rings is 3. The van der Waals surface area contributed by atoms with E-state index >= 15 is 4.39 Å². The molecule has 1 aliphatic carbocycles. The molecule has 0 bridgehead atoms. The fourth-order valence-corrected chi connectivity index (χ4v) is 5.99. The van der Waals surface area contributed by atoms with Crippen molar-refractivity contribution in [2.75, 3.05) is 44.0 Å². The van der Waals surface area contributed by atoms with Crippen LogP contribution in [0.5, 0.6) is 23.0 Å². The molecule has 9 nitrogen and oxygen atoms in total. The molecule has 2 amide bonds. The number of aromatic nitrogens is 1. The molecule has 1 fully saturated rings. The Balaban J connectivity index is 1.29. The van der Waals surface area contributed by atoms with Crippen molar-refractivity contribution < 1.29 is 32.6 Å². The van der Waals surface area contributed by atoms with Gasteiger partial charge in [-0.1, -0.05) is 27.7 Å². The predicted molar refractivity (Wildman–Crippen MR) is 177 cm³/mol. The molecule has 11 heteroatoms. The molecule has 47 heavy (non-hydrogen) atoms. The van der Waals surface area contributed by atoms with Gasteiger partial charge in [-0.3, -0.25) is 14.6 Å². The number of ether oxygens (including phenoxy) is 3. The summed E-state index contributed by atoms with van der Waals surface area (Å²) in [5, 5.41) is 6.01. The van der Waals surface area contributed by atoms with Gasteiger partial charge in [0, 0.05) is 41.6 Å². The third kappa shape index (κ3) is 7.00. The molecular weight excluding hydrogens is 606 g/mol. The molecule has 4 aromatic rings. The number of carbonyl (C=O) groups is 2. The fraction of sp³-hybridized carbons (Fsp3) is 0.361. The normalized spacial score (nSPS) is 18.6. The minimum Gasteiger partial charge on any atom is -0.493 e. The van der Waals surface area contributed by atoms with Crippen LogP contribution in [0, 0.1) is 28.9 Å². The maximum atomic E-state index is 15.4. The Morgan fingerprint density at radius 3 is 2.13 bits per heavy atom. The van der Waals surface area contributed by atoms with Gasteiger partial charge in [-0.25, -0.2) is 8.78 Å². The third-order valence-electron chi connectivity index (χ3n) is 9.10. The molecule has 0 aliphatic heterocycles. The SMILES string of the molecule is CCN(CC)CCCOc1cc2nccc(Oc3ccc(NC(=O)C4(C(=O)Nc5ccc(F)cc5)C(C)C4C)cc3F)c2cc1OC. The highest BCUT2D eigenvalue weighted by atomic mass is 19.1. The Bertz CT molecular complexity index is 1740. The van der Waals surface area contributed by atoms with Crippen LogP contribution in [0.15, 0.2) is 66.9 Å². The second-order valence-electron chi connectivity index (χ2n) is 11.7. The molecule has 2 atom stereocenters. The van der Waals surface area contributed by atoms with Crippen LogP contribution >= 0.6 is 0 Å². The smallest absolute Gasteiger partial charge is 0.240 e. The number of anilines is 2. The molecular formula is C36H40F2N4O5. The van der Waals surface area contributed by atoms with Crippen molar-refractivity contribution in [1.82, 2.24) is 9.88 Å². The van der Waals surface area contributed by atoms with Crippen molar-refractivity contribution in [3.63, 3.8) is 0 Å². The number of fused-ring (bicyclic) bond motifs is 1. The van der Waals surface area contributed by atoms with E-state index in [4.69, 9.17) is 14.2 Å². The first-order valence-electron chi connectivity index (χ1n) is 15.8. The molecule has 5 rings (SSSR count). The standard InChI is InChI=1S/C36H40F2N4O5/c1-6-42(7-2)17-8-18-46-33-21-29-27(20-32(33)45-5)30(15-16-39-29)47-31-14-13-26(19-28(31)38)41-35(44)36(22(3)23(36)4)34(43)40-25-11-9-24(37)10-12-25/h9-16,19-23H,6-8,17-18H2,1-5H3,(H,40,43)(H,41,44). The van der Waals surface area contributed by atoms with Crippen LogP contribution in [-0.2, 0) is 9.59 Å². The molecule has 2 unspecified atom stereocenters. The molecule has 0 radical (unpaired) electrons. The molecule has 1 aromatic heterocycles. The van der Waals surface area contributed by atoms with Crippen LogP contribution < -0.4 is 24.8 Å². The lowest BCUT2D eigenvalue weighted by molar-refractivity contribution is -0.132. The lowest BCUT2D eigenvalue weighted by Gasteiger charge is -2.18. The average Bonchev–Trinajstić information content (AvgIpc) is 3.63. The van der Waals surface area contributed by atoms with Gasteiger partial charge in [0.1, 0.15) is 17.0 Å². The van der Waals surface area contributed by atoms with E-state index in [1.54, 1.807) is 31.5 Å². The van der Waals surface area contributed by atoms with Gasteiger partial charge in [0.05, 0.1) is 19.2 Å². The third-order valence-corrected chi connectivity index (χ3v) is 9.10. The molecule has 1 aliphatic rings. The van der Waals surface area contributed by atoms with E-state index in [9.17, 15) is 14.0 Å². The lowest BCUT2D eigenvalue weighted by atomic mass is 9.99. The van der Waals surface area contributed by atoms with Gasteiger partial charge in [-0.15, -0.1) is 0 Å². The summed E-state index contributed by atoms with van der Waals surface area (Å²) in [5.41, 5.74) is -0.228. The first-order valence-corrected chi connectivity index (χ1v) is 15.8. The summed E-state index contributed by atoms with van der Waals surface area (Å²) in [6.45, 7) is 11.3. The maximum absolute atomic E-state index is 15.4. The quantitative estimate of drug-likeness (QED) is 0.110. The summed E-state index contributed by atoms with van der Waals surface area (Å²) >= 11 is 0. The highest BCUT2D eigenvalue weighted by Gasteiger charge is 2.69. The van der Waals surface area contributed by atoms with Crippen LogP contribution in [-0.4, -0.2) is 55.0 Å². The van der Waals surface area contributed by atoms with Gasteiger partial charge < -0.3 is 29.7 Å². The second kappa shape index (κ2) is 14.3. The number of nitrogens with zero attached hydrogens (tertiary/aromatic N) is 2. The minimum absolute atomic E-state index is 0.0666. The predicted octanol–water partition coefficient (Wildman–Crippen LogP) is 7.27. The van der Waals surface area contributed by atoms with E-state index in [-0.39, 0.29) is 23.3 Å². The zero-order valence-electron chi connectivity index (χ0n) is 27.2. The number of halogens is 2. The van der Waals surface area contributed by atoms with Gasteiger partial charge in [0.15, 0.2) is 23.1 Å². The number of hydrogen-bond donors (Lipinski definition) is 2. The monoisotopic (exact) mass is 646 g/mol. The van der Waals surface area contributed by atoms with E-state index < -0.39 is 28.9 Å². The van der Waals surface area contributed by atoms with Crippen molar-refractivity contribution in [1.29, 1.82) is 0 Å². The molecule has 248 valence electrons. The summed E-state index contributed by atoms with van der Waals surface area (Å²) in [6.07, 6.45) is 2.42. The lowest BCUT2D eigenvalue weighted by Crippen LogP contribution is -2.38. The molecule has 0 spiro atoms. The highest BCUT2D eigenvalue weighted by Crippen LogP contribution is 2.59. The van der Waals surface area contributed by atoms with Crippen LogP contribution in [0.2, 0.25) is 0 Å². The van der Waals surface area contributed by atoms with Gasteiger partial charge in [-0.2, -0.15) is 0 Å². The van der Waals surface area contributed by atoms with Crippen molar-refractivity contribution >= 4 is 34.1 Å². The van der Waals surface area contributed by atoms with Gasteiger partial charge >= 0.3 is 0 Å². The molecule has 2 N–H and O–H groups in total. The summed E-state index contributed by atoms with van der Waals surface area (Å²) < 4.78 is 46.3. The fourth-order valence-electron chi connectivity index (χ4n) is 5.99. The van der Waals surface area contributed by atoms with Gasteiger partial charge in [-0.05, 0) is 79.9 Å². The number of methoxy groups -OCH3 is 1. The van der Waals surface area contributed by atoms with Crippen molar-refractivity contribution in [2.45, 2.75) is 34.1 Å². The summed E-state index contributed by atoms with van der Waals surface area (Å²) in [4.78, 5) is 33.5. The second-order valence-corrected chi connectivity index (χ2v) is 11.7. The first kappa shape index (κ1) is 33.6. The van der Waals surface area contributed by atoms with Crippen LogP contribution in [0.3, 0.4) is 0 Å². The number of nitrogens with one attached hydrogen (secondary N) is 2. The van der Waals surface area contributed by atoms with Gasteiger partial charge in [0.25, 0.3) is 0 Å². The van der Waals surface area contributed by atoms with Crippen molar-refractivity contribution in [3.05, 3.63) is 78.5 Å². The van der Waals surface area contributed by atoms with Gasteiger partial charge in [0.2, 0.25) is 11.8 Å². The number of hydrogen-bond acceptors (Lipinski definition) is 7. The summed E-state index contributed by atoms with van der Waals surface area (Å²) in [6, 6.07) is 14.5. The summed E-state index contributed by atoms with van der Waals surface area (Å²) in [5.74, 6) is -1.38. The zero-order valence-corrected chi connectivity index (χ0v) is 27.2. The van der Waals surface area contributed by atoms with E-state index in [2.05, 4.69) is 34.4 Å². The number of rotatable bonds is 14. The van der Waals surface area contributed by atoms with Crippen LogP contribution in [0.25, 0.3) is 10.9 Å². The Morgan fingerprint density at radius 2 is 1.51 bits per heavy atom. The van der Waals surface area contributed by atoms with E-state index in [0.29, 0.717) is 40.4 Å². The van der Waals surface area contributed by atoms with Crippen molar-refractivity contribution in [2.24, 2.45) is 17.3 Å². The van der Waals surface area contributed by atoms with Crippen LogP contribution in [0.1, 0.15) is 34.1 Å². The summed E-state index contributed by atoms with van der Waals surface area (Å²) in [7, 11) is 1.55. The minimum atomic E-state index is -1.36. The maximum Gasteiger partial charge on any atom is 0.240 e. The van der Waals surface area contributed by atoms with E-state index in [1.165, 1.54) is 36.4 Å². The van der Waals surface area contributed by atoms with Crippen LogP contribution in [0.4, 0.5) is 20.2 Å². The van der Waals surface area contributed by atoms with E-state index in [1.807, 2.05) is 13.8 Å². The average molecular weight is 647 g/mol. The van der Waals surface area contributed by atoms with Crippen molar-refractivity contribution in [3.8, 4) is 23.0 Å². The number of pyridine rings is 1. The number of amides is 2.